The molecular formula is C25H34N2O2. The minimum Gasteiger partial charge on any atom is -0.339 e. The molecule has 4 heteroatoms. The van der Waals surface area contributed by atoms with Crippen LogP contribution in [-0.4, -0.2) is 47.8 Å². The third-order valence-electron chi connectivity index (χ3n) is 8.17. The fourth-order valence-corrected chi connectivity index (χ4v) is 7.01. The van der Waals surface area contributed by atoms with E-state index in [2.05, 4.69) is 30.9 Å². The molecule has 6 rings (SSSR count). The van der Waals surface area contributed by atoms with E-state index in [0.717, 1.165) is 42.6 Å². The number of carbonyl (C=O) groups excluding carboxylic acids is 2. The van der Waals surface area contributed by atoms with Gasteiger partial charge in [0.05, 0.1) is 5.41 Å². The summed E-state index contributed by atoms with van der Waals surface area (Å²) >= 11 is 0. The van der Waals surface area contributed by atoms with Crippen molar-refractivity contribution >= 4 is 11.8 Å². The van der Waals surface area contributed by atoms with E-state index >= 15 is 0 Å². The Hall–Kier alpha value is -1.84. The second-order valence-corrected chi connectivity index (χ2v) is 10.6. The highest BCUT2D eigenvalue weighted by atomic mass is 16.2. The number of piperazine rings is 1. The van der Waals surface area contributed by atoms with Crippen molar-refractivity contribution in [1.29, 1.82) is 0 Å². The average Bonchev–Trinajstić information content (AvgIpc) is 2.72. The molecule has 1 heterocycles. The van der Waals surface area contributed by atoms with Gasteiger partial charge in [-0.1, -0.05) is 26.0 Å². The van der Waals surface area contributed by atoms with Crippen molar-refractivity contribution in [3.05, 3.63) is 35.4 Å². The third kappa shape index (κ3) is 3.39. The van der Waals surface area contributed by atoms with Crippen molar-refractivity contribution in [3.8, 4) is 0 Å². The molecule has 0 aromatic heterocycles. The zero-order valence-corrected chi connectivity index (χ0v) is 17.9. The van der Waals surface area contributed by atoms with Crippen LogP contribution in [0.1, 0.15) is 74.2 Å². The van der Waals surface area contributed by atoms with Gasteiger partial charge in [-0.2, -0.15) is 0 Å². The lowest BCUT2D eigenvalue weighted by atomic mass is 9.49. The summed E-state index contributed by atoms with van der Waals surface area (Å²) in [6.07, 6.45) is 7.47. The summed E-state index contributed by atoms with van der Waals surface area (Å²) in [5, 5.41) is 0. The Bertz CT molecular complexity index is 754. The van der Waals surface area contributed by atoms with Gasteiger partial charge in [-0.3, -0.25) is 9.59 Å². The molecule has 4 bridgehead atoms. The highest BCUT2D eigenvalue weighted by molar-refractivity contribution is 5.94. The Labute approximate surface area is 174 Å². The van der Waals surface area contributed by atoms with Crippen LogP contribution in [0.25, 0.3) is 0 Å². The molecule has 5 fully saturated rings. The fourth-order valence-electron chi connectivity index (χ4n) is 7.01. The summed E-state index contributed by atoms with van der Waals surface area (Å²) in [4.78, 5) is 30.4. The molecule has 1 saturated heterocycles. The van der Waals surface area contributed by atoms with Crippen molar-refractivity contribution in [2.24, 2.45) is 23.2 Å². The van der Waals surface area contributed by atoms with Crippen molar-refractivity contribution in [2.45, 2.75) is 58.3 Å². The van der Waals surface area contributed by atoms with Gasteiger partial charge in [0, 0.05) is 31.7 Å². The number of nitrogens with zero attached hydrogens (tertiary/aromatic N) is 2. The molecule has 0 radical (unpaired) electrons. The van der Waals surface area contributed by atoms with Crippen molar-refractivity contribution < 1.29 is 9.59 Å². The van der Waals surface area contributed by atoms with Gasteiger partial charge in [0.2, 0.25) is 5.91 Å². The van der Waals surface area contributed by atoms with Gasteiger partial charge in [0.15, 0.2) is 0 Å². The first-order valence-corrected chi connectivity index (χ1v) is 11.6. The molecule has 1 aromatic carbocycles. The predicted octanol–water partition coefficient (Wildman–Crippen LogP) is 4.31. The normalized spacial score (nSPS) is 33.4. The topological polar surface area (TPSA) is 40.6 Å². The molecule has 0 spiro atoms. The summed E-state index contributed by atoms with van der Waals surface area (Å²) in [6, 6.07) is 8.02. The Morgan fingerprint density at radius 3 is 1.79 bits per heavy atom. The van der Waals surface area contributed by atoms with Crippen LogP contribution < -0.4 is 0 Å². The standard InChI is InChI=1S/C25H34N2O2/c1-17(2)21-3-5-22(6-4-21)23(28)26-7-9-27(10-8-26)24(29)25-14-18-11-19(15-25)13-20(12-18)16-25/h3-6,17-20H,7-16H2,1-2H3. The minimum atomic E-state index is -0.0619. The van der Waals surface area contributed by atoms with Gasteiger partial charge in [-0.15, -0.1) is 0 Å². The number of benzene rings is 1. The van der Waals surface area contributed by atoms with Crippen LogP contribution in [0.4, 0.5) is 0 Å². The van der Waals surface area contributed by atoms with E-state index in [1.807, 2.05) is 17.0 Å². The van der Waals surface area contributed by atoms with Crippen LogP contribution in [-0.2, 0) is 4.79 Å². The molecule has 1 aliphatic heterocycles. The van der Waals surface area contributed by atoms with Gasteiger partial charge >= 0.3 is 0 Å². The van der Waals surface area contributed by atoms with E-state index in [1.54, 1.807) is 0 Å². The summed E-state index contributed by atoms with van der Waals surface area (Å²) < 4.78 is 0. The van der Waals surface area contributed by atoms with Crippen LogP contribution in [0.5, 0.6) is 0 Å². The Morgan fingerprint density at radius 1 is 0.828 bits per heavy atom. The summed E-state index contributed by atoms with van der Waals surface area (Å²) in [6.45, 7) is 7.02. The largest absolute Gasteiger partial charge is 0.339 e. The molecule has 5 aliphatic rings. The molecule has 2 amide bonds. The lowest BCUT2D eigenvalue weighted by molar-refractivity contribution is -0.159. The summed E-state index contributed by atoms with van der Waals surface area (Å²) in [5.41, 5.74) is 1.95. The number of amides is 2. The quantitative estimate of drug-likeness (QED) is 0.766. The van der Waals surface area contributed by atoms with E-state index in [4.69, 9.17) is 0 Å². The number of hydrogen-bond acceptors (Lipinski definition) is 2. The first-order valence-electron chi connectivity index (χ1n) is 11.6. The van der Waals surface area contributed by atoms with Crippen molar-refractivity contribution in [2.75, 3.05) is 26.2 Å². The number of rotatable bonds is 3. The predicted molar refractivity (Wildman–Crippen MR) is 114 cm³/mol. The van der Waals surface area contributed by atoms with Gasteiger partial charge in [-0.05, 0) is 79.9 Å². The second kappa shape index (κ2) is 7.14. The van der Waals surface area contributed by atoms with Gasteiger partial charge in [-0.25, -0.2) is 0 Å². The Balaban J connectivity index is 1.21. The van der Waals surface area contributed by atoms with E-state index in [9.17, 15) is 9.59 Å². The van der Waals surface area contributed by atoms with Crippen LogP contribution in [0.15, 0.2) is 24.3 Å². The molecule has 4 aliphatic carbocycles. The maximum atomic E-state index is 13.5. The maximum absolute atomic E-state index is 13.5. The van der Waals surface area contributed by atoms with E-state index < -0.39 is 0 Å². The first kappa shape index (κ1) is 19.1. The molecule has 1 aromatic rings. The van der Waals surface area contributed by atoms with Gasteiger partial charge in [0.25, 0.3) is 5.91 Å². The first-order chi connectivity index (χ1) is 13.9. The second-order valence-electron chi connectivity index (χ2n) is 10.6. The van der Waals surface area contributed by atoms with Crippen LogP contribution >= 0.6 is 0 Å². The monoisotopic (exact) mass is 394 g/mol. The fraction of sp³-hybridized carbons (Fsp3) is 0.680. The summed E-state index contributed by atoms with van der Waals surface area (Å²) in [5.74, 6) is 3.36. The zero-order chi connectivity index (χ0) is 20.2. The van der Waals surface area contributed by atoms with Crippen LogP contribution in [0, 0.1) is 23.2 Å². The number of hydrogen-bond donors (Lipinski definition) is 0. The SMILES string of the molecule is CC(C)c1ccc(C(=O)N2CCN(C(=O)C34CC5CC(CC(C5)C3)C4)CC2)cc1. The smallest absolute Gasteiger partial charge is 0.253 e. The minimum absolute atomic E-state index is 0.0619. The van der Waals surface area contributed by atoms with Crippen LogP contribution in [0.2, 0.25) is 0 Å². The lowest BCUT2D eigenvalue weighted by Gasteiger charge is -2.57. The Morgan fingerprint density at radius 2 is 1.31 bits per heavy atom. The molecule has 4 saturated carbocycles. The molecule has 156 valence electrons. The Kier molecular flexibility index (Phi) is 4.71. The molecule has 0 unspecified atom stereocenters. The third-order valence-corrected chi connectivity index (χ3v) is 8.17. The van der Waals surface area contributed by atoms with E-state index in [1.165, 1.54) is 24.8 Å². The van der Waals surface area contributed by atoms with Crippen LogP contribution in [0.3, 0.4) is 0 Å². The lowest BCUT2D eigenvalue weighted by Crippen LogP contribution is -2.58. The highest BCUT2D eigenvalue weighted by Crippen LogP contribution is 2.60. The highest BCUT2D eigenvalue weighted by Gasteiger charge is 2.55. The van der Waals surface area contributed by atoms with Crippen molar-refractivity contribution in [3.63, 3.8) is 0 Å². The maximum Gasteiger partial charge on any atom is 0.253 e. The molecule has 0 atom stereocenters. The van der Waals surface area contributed by atoms with E-state index in [-0.39, 0.29) is 11.3 Å². The molecule has 4 nitrogen and oxygen atoms in total. The zero-order valence-electron chi connectivity index (χ0n) is 17.9. The summed E-state index contributed by atoms with van der Waals surface area (Å²) in [7, 11) is 0. The molecular weight excluding hydrogens is 360 g/mol. The number of carbonyl (C=O) groups is 2. The van der Waals surface area contributed by atoms with E-state index in [0.29, 0.717) is 38.0 Å². The van der Waals surface area contributed by atoms with Gasteiger partial charge < -0.3 is 9.80 Å². The molecule has 29 heavy (non-hydrogen) atoms. The van der Waals surface area contributed by atoms with Crippen molar-refractivity contribution in [1.82, 2.24) is 9.80 Å². The van der Waals surface area contributed by atoms with Gasteiger partial charge in [0.1, 0.15) is 0 Å². The average molecular weight is 395 g/mol. The molecule has 0 N–H and O–H groups in total.